The zero-order valence-corrected chi connectivity index (χ0v) is 10.9. The second-order valence-corrected chi connectivity index (χ2v) is 4.82. The van der Waals surface area contributed by atoms with E-state index in [9.17, 15) is 14.7 Å². The minimum Gasteiger partial charge on any atom is -0.479 e. The third kappa shape index (κ3) is 3.48. The predicted octanol–water partition coefficient (Wildman–Crippen LogP) is 1.09. The van der Waals surface area contributed by atoms with Gasteiger partial charge in [-0.1, -0.05) is 30.3 Å². The fourth-order valence-electron chi connectivity index (χ4n) is 2.22. The number of ether oxygens (including phenoxy) is 1. The van der Waals surface area contributed by atoms with E-state index in [1.165, 1.54) is 4.90 Å². The van der Waals surface area contributed by atoms with Gasteiger partial charge in [-0.15, -0.1) is 0 Å². The van der Waals surface area contributed by atoms with Crippen LogP contribution in [0.4, 0.5) is 4.79 Å². The summed E-state index contributed by atoms with van der Waals surface area (Å²) >= 11 is 0. The zero-order valence-electron chi connectivity index (χ0n) is 10.9. The van der Waals surface area contributed by atoms with Gasteiger partial charge in [0, 0.05) is 19.0 Å². The van der Waals surface area contributed by atoms with Gasteiger partial charge in [0.15, 0.2) is 6.10 Å². The van der Waals surface area contributed by atoms with Crippen molar-refractivity contribution in [1.82, 2.24) is 4.90 Å². The van der Waals surface area contributed by atoms with Crippen molar-refractivity contribution in [2.75, 3.05) is 13.1 Å². The highest BCUT2D eigenvalue weighted by atomic mass is 16.6. The van der Waals surface area contributed by atoms with Gasteiger partial charge in [0.25, 0.3) is 0 Å². The van der Waals surface area contributed by atoms with Crippen LogP contribution >= 0.6 is 0 Å². The van der Waals surface area contributed by atoms with Crippen LogP contribution in [0, 0.1) is 5.92 Å². The molecule has 0 bridgehead atoms. The number of carboxylic acids is 1. The minimum absolute atomic E-state index is 0.183. The fraction of sp³-hybridized carbons (Fsp3) is 0.429. The Kier molecular flexibility index (Phi) is 4.57. The molecule has 1 amide bonds. The van der Waals surface area contributed by atoms with Crippen LogP contribution in [0.15, 0.2) is 30.3 Å². The molecule has 2 atom stereocenters. The standard InChI is InChI=1S/C14H17NO5/c16-12(13(17)18)11-6-7-15(8-11)14(19)20-9-10-4-2-1-3-5-10/h1-5,11-12,16H,6-9H2,(H,17,18). The molecule has 1 aliphatic heterocycles. The van der Waals surface area contributed by atoms with Gasteiger partial charge in [0.1, 0.15) is 6.61 Å². The van der Waals surface area contributed by atoms with Crippen LogP contribution in [0.1, 0.15) is 12.0 Å². The summed E-state index contributed by atoms with van der Waals surface area (Å²) in [6.45, 7) is 0.798. The largest absolute Gasteiger partial charge is 0.479 e. The summed E-state index contributed by atoms with van der Waals surface area (Å²) in [5.41, 5.74) is 0.891. The Bertz CT molecular complexity index is 476. The molecule has 0 radical (unpaired) electrons. The van der Waals surface area contributed by atoms with Gasteiger partial charge in [-0.3, -0.25) is 0 Å². The summed E-state index contributed by atoms with van der Waals surface area (Å²) in [4.78, 5) is 24.0. The third-order valence-corrected chi connectivity index (χ3v) is 3.39. The molecule has 6 nitrogen and oxygen atoms in total. The van der Waals surface area contributed by atoms with E-state index in [4.69, 9.17) is 9.84 Å². The molecule has 2 N–H and O–H groups in total. The van der Waals surface area contributed by atoms with Crippen molar-refractivity contribution in [3.63, 3.8) is 0 Å². The monoisotopic (exact) mass is 279 g/mol. The summed E-state index contributed by atoms with van der Waals surface area (Å²) in [5.74, 6) is -1.69. The Hall–Kier alpha value is -2.08. The number of carbonyl (C=O) groups is 2. The van der Waals surface area contributed by atoms with Crippen LogP contribution in [0.2, 0.25) is 0 Å². The number of amides is 1. The molecule has 0 spiro atoms. The molecule has 0 saturated carbocycles. The van der Waals surface area contributed by atoms with E-state index < -0.39 is 24.1 Å². The quantitative estimate of drug-likeness (QED) is 0.861. The predicted molar refractivity (Wildman–Crippen MR) is 69.9 cm³/mol. The van der Waals surface area contributed by atoms with Gasteiger partial charge < -0.3 is 19.8 Å². The summed E-state index contributed by atoms with van der Waals surface area (Å²) in [6.07, 6.45) is -1.44. The average molecular weight is 279 g/mol. The number of rotatable bonds is 4. The number of hydrogen-bond acceptors (Lipinski definition) is 4. The van der Waals surface area contributed by atoms with Gasteiger partial charge >= 0.3 is 12.1 Å². The maximum atomic E-state index is 11.8. The molecule has 1 aromatic carbocycles. The number of hydrogen-bond donors (Lipinski definition) is 2. The fourth-order valence-corrected chi connectivity index (χ4v) is 2.22. The molecule has 1 saturated heterocycles. The molecule has 6 heteroatoms. The first-order valence-electron chi connectivity index (χ1n) is 6.44. The van der Waals surface area contributed by atoms with E-state index in [0.717, 1.165) is 5.56 Å². The normalized spacial score (nSPS) is 19.6. The van der Waals surface area contributed by atoms with Crippen molar-refractivity contribution in [3.05, 3.63) is 35.9 Å². The molecule has 1 fully saturated rings. The second-order valence-electron chi connectivity index (χ2n) is 4.82. The number of nitrogens with zero attached hydrogens (tertiary/aromatic N) is 1. The Morgan fingerprint density at radius 1 is 1.35 bits per heavy atom. The lowest BCUT2D eigenvalue weighted by atomic mass is 10.0. The maximum absolute atomic E-state index is 11.8. The topological polar surface area (TPSA) is 87.1 Å². The number of carboxylic acid groups (broad SMARTS) is 1. The van der Waals surface area contributed by atoms with Crippen molar-refractivity contribution in [1.29, 1.82) is 0 Å². The highest BCUT2D eigenvalue weighted by molar-refractivity contribution is 5.73. The lowest BCUT2D eigenvalue weighted by Crippen LogP contribution is -2.34. The van der Waals surface area contributed by atoms with Crippen molar-refractivity contribution in [2.45, 2.75) is 19.1 Å². The van der Waals surface area contributed by atoms with Gasteiger partial charge in [0.05, 0.1) is 0 Å². The molecular weight excluding hydrogens is 262 g/mol. The number of aliphatic carboxylic acids is 1. The van der Waals surface area contributed by atoms with Gasteiger partial charge in [-0.2, -0.15) is 0 Å². The number of aliphatic hydroxyl groups is 1. The first kappa shape index (κ1) is 14.3. The first-order valence-corrected chi connectivity index (χ1v) is 6.44. The van der Waals surface area contributed by atoms with E-state index in [1.54, 1.807) is 0 Å². The molecule has 0 aliphatic carbocycles. The Morgan fingerprint density at radius 3 is 2.70 bits per heavy atom. The highest BCUT2D eigenvalue weighted by Gasteiger charge is 2.35. The highest BCUT2D eigenvalue weighted by Crippen LogP contribution is 2.21. The maximum Gasteiger partial charge on any atom is 0.410 e. The number of carbonyl (C=O) groups excluding carboxylic acids is 1. The third-order valence-electron chi connectivity index (χ3n) is 3.39. The molecule has 1 aromatic rings. The van der Waals surface area contributed by atoms with Crippen LogP contribution in [0.5, 0.6) is 0 Å². The smallest absolute Gasteiger partial charge is 0.410 e. The lowest BCUT2D eigenvalue weighted by molar-refractivity contribution is -0.149. The summed E-state index contributed by atoms with van der Waals surface area (Å²) in [7, 11) is 0. The van der Waals surface area contributed by atoms with E-state index in [0.29, 0.717) is 13.0 Å². The minimum atomic E-state index is -1.43. The van der Waals surface area contributed by atoms with Crippen molar-refractivity contribution in [2.24, 2.45) is 5.92 Å². The molecule has 0 aromatic heterocycles. The SMILES string of the molecule is O=C(O)C(O)C1CCN(C(=O)OCc2ccccc2)C1. The van der Waals surface area contributed by atoms with E-state index >= 15 is 0 Å². The van der Waals surface area contributed by atoms with E-state index in [1.807, 2.05) is 30.3 Å². The van der Waals surface area contributed by atoms with E-state index in [2.05, 4.69) is 0 Å². The van der Waals surface area contributed by atoms with Crippen LogP contribution in [0.25, 0.3) is 0 Å². The van der Waals surface area contributed by atoms with Crippen LogP contribution < -0.4 is 0 Å². The summed E-state index contributed by atoms with van der Waals surface area (Å²) < 4.78 is 5.16. The molecule has 1 aliphatic rings. The van der Waals surface area contributed by atoms with Crippen LogP contribution in [0.3, 0.4) is 0 Å². The number of likely N-dealkylation sites (tertiary alicyclic amines) is 1. The molecular formula is C14H17NO5. The molecule has 2 unspecified atom stereocenters. The van der Waals surface area contributed by atoms with Gasteiger partial charge in [-0.25, -0.2) is 9.59 Å². The summed E-state index contributed by atoms with van der Waals surface area (Å²) in [5, 5.41) is 18.2. The van der Waals surface area contributed by atoms with Crippen LogP contribution in [-0.2, 0) is 16.1 Å². The Balaban J connectivity index is 1.81. The molecule has 20 heavy (non-hydrogen) atoms. The Morgan fingerprint density at radius 2 is 2.05 bits per heavy atom. The average Bonchev–Trinajstić information content (AvgIpc) is 2.94. The Labute approximate surface area is 116 Å². The van der Waals surface area contributed by atoms with Crippen molar-refractivity contribution < 1.29 is 24.5 Å². The zero-order chi connectivity index (χ0) is 14.5. The first-order chi connectivity index (χ1) is 9.58. The molecule has 1 heterocycles. The second kappa shape index (κ2) is 6.38. The van der Waals surface area contributed by atoms with Crippen LogP contribution in [-0.4, -0.2) is 46.4 Å². The van der Waals surface area contributed by atoms with Crippen molar-refractivity contribution >= 4 is 12.1 Å². The number of aliphatic hydroxyl groups excluding tert-OH is 1. The van der Waals surface area contributed by atoms with Gasteiger partial charge in [0.2, 0.25) is 0 Å². The van der Waals surface area contributed by atoms with Crippen molar-refractivity contribution in [3.8, 4) is 0 Å². The molecule has 2 rings (SSSR count). The number of benzene rings is 1. The molecule has 108 valence electrons. The lowest BCUT2D eigenvalue weighted by Gasteiger charge is -2.17. The van der Waals surface area contributed by atoms with Gasteiger partial charge in [-0.05, 0) is 12.0 Å². The summed E-state index contributed by atoms with van der Waals surface area (Å²) in [6, 6.07) is 9.31. The van der Waals surface area contributed by atoms with E-state index in [-0.39, 0.29) is 13.2 Å².